The molecule has 5 N–H and O–H groups in total. The normalized spacial score (nSPS) is 10.2. The maximum absolute atomic E-state index is 11.4. The lowest BCUT2D eigenvalue weighted by Gasteiger charge is -2.14. The van der Waals surface area contributed by atoms with Crippen LogP contribution in [0.25, 0.3) is 0 Å². The van der Waals surface area contributed by atoms with E-state index in [0.717, 1.165) is 6.07 Å². The smallest absolute Gasteiger partial charge is 0.404 e. The van der Waals surface area contributed by atoms with Gasteiger partial charge in [0.15, 0.2) is 5.69 Å². The summed E-state index contributed by atoms with van der Waals surface area (Å²) in [4.78, 5) is 32.7. The Morgan fingerprint density at radius 1 is 1.19 bits per heavy atom. The zero-order valence-corrected chi connectivity index (χ0v) is 14.4. The number of amides is 2. The van der Waals surface area contributed by atoms with Gasteiger partial charge in [0.25, 0.3) is 5.69 Å². The SMILES string of the molecule is COCCCOc1cc(C(N)=O)cc([N+](=O)[O-])c1NCCCOC(N)=O. The number of anilines is 1. The van der Waals surface area contributed by atoms with Crippen molar-refractivity contribution < 1.29 is 28.7 Å². The minimum atomic E-state index is -0.899. The Balaban J connectivity index is 2.98. The molecule has 0 bridgehead atoms. The molecule has 144 valence electrons. The third kappa shape index (κ3) is 6.81. The van der Waals surface area contributed by atoms with E-state index in [2.05, 4.69) is 10.1 Å². The Hall–Kier alpha value is -3.08. The number of nitrogens with one attached hydrogen (secondary N) is 1. The molecule has 1 rings (SSSR count). The van der Waals surface area contributed by atoms with Crippen LogP contribution in [0.5, 0.6) is 5.75 Å². The summed E-state index contributed by atoms with van der Waals surface area (Å²) in [6, 6.07) is 2.41. The predicted octanol–water partition coefficient (Wildman–Crippen LogP) is 1.01. The quantitative estimate of drug-likeness (QED) is 0.278. The third-order valence-electron chi connectivity index (χ3n) is 3.18. The van der Waals surface area contributed by atoms with Gasteiger partial charge in [-0.15, -0.1) is 0 Å². The van der Waals surface area contributed by atoms with Crippen LogP contribution in [0.4, 0.5) is 16.2 Å². The van der Waals surface area contributed by atoms with Crippen molar-refractivity contribution in [3.05, 3.63) is 27.8 Å². The van der Waals surface area contributed by atoms with Crippen molar-refractivity contribution in [1.82, 2.24) is 0 Å². The molecular weight excluding hydrogens is 348 g/mol. The molecule has 0 aliphatic rings. The first kappa shape index (κ1) is 21.0. The Morgan fingerprint density at radius 3 is 2.50 bits per heavy atom. The Kier molecular flexibility index (Phi) is 8.64. The number of nitrogens with zero attached hydrogens (tertiary/aromatic N) is 1. The number of carbonyl (C=O) groups is 2. The summed E-state index contributed by atoms with van der Waals surface area (Å²) in [6.45, 7) is 0.982. The van der Waals surface area contributed by atoms with Crippen LogP contribution < -0.4 is 21.5 Å². The van der Waals surface area contributed by atoms with Crippen LogP contribution in [-0.4, -0.2) is 50.4 Å². The molecule has 0 aromatic heterocycles. The van der Waals surface area contributed by atoms with Crippen molar-refractivity contribution in [3.63, 3.8) is 0 Å². The van der Waals surface area contributed by atoms with Crippen molar-refractivity contribution in [2.24, 2.45) is 11.5 Å². The van der Waals surface area contributed by atoms with Gasteiger partial charge in [-0.3, -0.25) is 14.9 Å². The fourth-order valence-corrected chi connectivity index (χ4v) is 2.02. The van der Waals surface area contributed by atoms with Crippen molar-refractivity contribution in [1.29, 1.82) is 0 Å². The molecule has 0 unspecified atom stereocenters. The number of carbonyl (C=O) groups excluding carboxylic acids is 2. The standard InChI is InChI=1S/C15H22N4O7/c1-24-5-3-7-25-12-9-10(14(16)20)8-11(19(22)23)13(12)18-4-2-6-26-15(17)21/h8-9,18H,2-7H2,1H3,(H2,16,20)(H2,17,21). The number of ether oxygens (including phenoxy) is 3. The van der Waals surface area contributed by atoms with Crippen LogP contribution in [0.1, 0.15) is 23.2 Å². The monoisotopic (exact) mass is 370 g/mol. The minimum Gasteiger partial charge on any atom is -0.491 e. The molecule has 11 heteroatoms. The van der Waals surface area contributed by atoms with E-state index >= 15 is 0 Å². The number of primary amides is 2. The van der Waals surface area contributed by atoms with Gasteiger partial charge in [-0.2, -0.15) is 0 Å². The number of hydrogen-bond acceptors (Lipinski definition) is 8. The van der Waals surface area contributed by atoms with Crippen molar-refractivity contribution >= 4 is 23.4 Å². The van der Waals surface area contributed by atoms with E-state index in [1.165, 1.54) is 6.07 Å². The lowest BCUT2D eigenvalue weighted by molar-refractivity contribution is -0.384. The summed E-state index contributed by atoms with van der Waals surface area (Å²) in [5.41, 5.74) is 9.80. The van der Waals surface area contributed by atoms with Crippen LogP contribution >= 0.6 is 0 Å². The molecule has 2 amide bonds. The lowest BCUT2D eigenvalue weighted by Crippen LogP contribution is -2.17. The number of hydrogen-bond donors (Lipinski definition) is 3. The zero-order valence-electron chi connectivity index (χ0n) is 14.4. The summed E-state index contributed by atoms with van der Waals surface area (Å²) >= 11 is 0. The van der Waals surface area contributed by atoms with Crippen molar-refractivity contribution in [2.45, 2.75) is 12.8 Å². The van der Waals surface area contributed by atoms with Gasteiger partial charge < -0.3 is 31.0 Å². The minimum absolute atomic E-state index is 0.0407. The Morgan fingerprint density at radius 2 is 1.92 bits per heavy atom. The van der Waals surface area contributed by atoms with E-state index in [9.17, 15) is 19.7 Å². The van der Waals surface area contributed by atoms with Crippen molar-refractivity contribution in [2.75, 3.05) is 38.8 Å². The van der Waals surface area contributed by atoms with Gasteiger partial charge in [-0.05, 0) is 12.5 Å². The second-order valence-corrected chi connectivity index (χ2v) is 5.13. The molecule has 1 aromatic rings. The Labute approximate surface area is 149 Å². The second kappa shape index (κ2) is 10.7. The first-order valence-corrected chi connectivity index (χ1v) is 7.77. The van der Waals surface area contributed by atoms with Crippen molar-refractivity contribution in [3.8, 4) is 5.75 Å². The Bertz CT molecular complexity index is 651. The third-order valence-corrected chi connectivity index (χ3v) is 3.18. The largest absolute Gasteiger partial charge is 0.491 e. The first-order valence-electron chi connectivity index (χ1n) is 7.77. The lowest BCUT2D eigenvalue weighted by atomic mass is 10.1. The number of nitro benzene ring substituents is 1. The van der Waals surface area contributed by atoms with Gasteiger partial charge >= 0.3 is 6.09 Å². The summed E-state index contributed by atoms with van der Waals surface area (Å²) in [5, 5.41) is 14.2. The zero-order chi connectivity index (χ0) is 19.5. The second-order valence-electron chi connectivity index (χ2n) is 5.13. The molecule has 0 saturated carbocycles. The van der Waals surface area contributed by atoms with Gasteiger partial charge in [0.05, 0.1) is 18.1 Å². The van der Waals surface area contributed by atoms with E-state index in [1.807, 2.05) is 0 Å². The molecular formula is C15H22N4O7. The van der Waals surface area contributed by atoms with Crippen LogP contribution in [0, 0.1) is 10.1 Å². The van der Waals surface area contributed by atoms with E-state index in [0.29, 0.717) is 19.4 Å². The fourth-order valence-electron chi connectivity index (χ4n) is 2.02. The molecule has 1 aromatic carbocycles. The molecule has 0 atom stereocenters. The van der Waals surface area contributed by atoms with Crippen LogP contribution in [0.15, 0.2) is 12.1 Å². The highest BCUT2D eigenvalue weighted by Gasteiger charge is 2.22. The molecule has 11 nitrogen and oxygen atoms in total. The van der Waals surface area contributed by atoms with Gasteiger partial charge in [-0.25, -0.2) is 4.79 Å². The number of rotatable bonds is 12. The summed E-state index contributed by atoms with van der Waals surface area (Å²) < 4.78 is 15.1. The predicted molar refractivity (Wildman–Crippen MR) is 92.2 cm³/mol. The van der Waals surface area contributed by atoms with E-state index in [4.69, 9.17) is 20.9 Å². The van der Waals surface area contributed by atoms with Gasteiger partial charge in [0.2, 0.25) is 5.91 Å². The summed E-state index contributed by atoms with van der Waals surface area (Å²) in [5.74, 6) is -0.684. The molecule has 0 fully saturated rings. The summed E-state index contributed by atoms with van der Waals surface area (Å²) in [7, 11) is 1.54. The van der Waals surface area contributed by atoms with Crippen LogP contribution in [0.2, 0.25) is 0 Å². The molecule has 0 radical (unpaired) electrons. The number of nitrogens with two attached hydrogens (primary N) is 2. The maximum atomic E-state index is 11.4. The number of nitro groups is 1. The molecule has 0 heterocycles. The van der Waals surface area contributed by atoms with Gasteiger partial charge in [-0.1, -0.05) is 0 Å². The van der Waals surface area contributed by atoms with Gasteiger partial charge in [0, 0.05) is 38.3 Å². The highest BCUT2D eigenvalue weighted by Crippen LogP contribution is 2.36. The van der Waals surface area contributed by atoms with Crippen LogP contribution in [-0.2, 0) is 9.47 Å². The average Bonchev–Trinajstić information content (AvgIpc) is 2.58. The van der Waals surface area contributed by atoms with Crippen LogP contribution in [0.3, 0.4) is 0 Å². The number of methoxy groups -OCH3 is 1. The van der Waals surface area contributed by atoms with E-state index in [1.54, 1.807) is 7.11 Å². The maximum Gasteiger partial charge on any atom is 0.404 e. The van der Waals surface area contributed by atoms with E-state index in [-0.39, 0.29) is 42.4 Å². The molecule has 0 saturated heterocycles. The fraction of sp³-hybridized carbons (Fsp3) is 0.467. The summed E-state index contributed by atoms with van der Waals surface area (Å²) in [6.07, 6.45) is 0.0153. The van der Waals surface area contributed by atoms with E-state index < -0.39 is 16.9 Å². The topological polar surface area (TPSA) is 169 Å². The molecule has 0 aliphatic carbocycles. The highest BCUT2D eigenvalue weighted by atomic mass is 16.6. The molecule has 0 aliphatic heterocycles. The van der Waals surface area contributed by atoms with Gasteiger partial charge in [0.1, 0.15) is 5.75 Å². The average molecular weight is 370 g/mol. The molecule has 26 heavy (non-hydrogen) atoms. The molecule has 0 spiro atoms. The number of benzene rings is 1. The highest BCUT2D eigenvalue weighted by molar-refractivity contribution is 5.95. The first-order chi connectivity index (χ1) is 12.4.